The van der Waals surface area contributed by atoms with Crippen LogP contribution >= 0.6 is 22.9 Å². The van der Waals surface area contributed by atoms with Crippen LogP contribution in [0.2, 0.25) is 5.02 Å². The Balaban J connectivity index is 1.44. The van der Waals surface area contributed by atoms with Gasteiger partial charge in [0.25, 0.3) is 0 Å². The largest absolute Gasteiger partial charge is 0.351 e. The number of hydrogen-bond donors (Lipinski definition) is 0. The molecule has 0 amide bonds. The van der Waals surface area contributed by atoms with E-state index in [0.29, 0.717) is 22.8 Å². The Bertz CT molecular complexity index is 1280. The Morgan fingerprint density at radius 1 is 1.06 bits per heavy atom. The van der Waals surface area contributed by atoms with E-state index in [1.807, 2.05) is 47.2 Å². The van der Waals surface area contributed by atoms with Gasteiger partial charge in [0.05, 0.1) is 24.2 Å². The highest BCUT2D eigenvalue weighted by Gasteiger charge is 2.67. The molecule has 4 bridgehead atoms. The summed E-state index contributed by atoms with van der Waals surface area (Å²) in [4.78, 5) is 17.1. The lowest BCUT2D eigenvalue weighted by Gasteiger charge is -2.57. The molecular weight excluding hydrogens is 474 g/mol. The van der Waals surface area contributed by atoms with E-state index in [0.717, 1.165) is 36.1 Å². The minimum absolute atomic E-state index is 0.265. The topological polar surface area (TPSA) is 67.9 Å². The first-order valence-electron chi connectivity index (χ1n) is 12.6. The quantitative estimate of drug-likeness (QED) is 0.477. The minimum atomic E-state index is -1.35. The van der Waals surface area contributed by atoms with E-state index >= 15 is 0 Å². The molecule has 8 rings (SSSR count). The molecule has 3 atom stereocenters. The van der Waals surface area contributed by atoms with Gasteiger partial charge in [0.2, 0.25) is 0 Å². The third-order valence-electron chi connectivity index (χ3n) is 9.70. The third-order valence-corrected chi connectivity index (χ3v) is 10.6. The number of Topliss-reactive ketones (excluding diaryl/α,β-unsaturated/α-hetero) is 1. The highest BCUT2D eigenvalue weighted by atomic mass is 35.5. The van der Waals surface area contributed by atoms with Gasteiger partial charge in [0.1, 0.15) is 0 Å². The number of fused-ring (bicyclic) bond motifs is 3. The molecule has 1 aromatic carbocycles. The summed E-state index contributed by atoms with van der Waals surface area (Å²) in [5.41, 5.74) is 1.09. The molecule has 4 saturated carbocycles. The molecule has 6 aliphatic rings. The van der Waals surface area contributed by atoms with Gasteiger partial charge in [-0.2, -0.15) is 21.9 Å². The fraction of sp³-hybridized carbons (Fsp3) is 0.483. The van der Waals surface area contributed by atoms with Crippen molar-refractivity contribution >= 4 is 40.5 Å². The van der Waals surface area contributed by atoms with Gasteiger partial charge in [-0.3, -0.25) is 4.79 Å². The fourth-order valence-corrected chi connectivity index (χ4v) is 9.69. The molecule has 6 heteroatoms. The van der Waals surface area contributed by atoms with E-state index in [-0.39, 0.29) is 11.2 Å². The lowest BCUT2D eigenvalue weighted by molar-refractivity contribution is -0.145. The van der Waals surface area contributed by atoms with Gasteiger partial charge in [-0.25, -0.2) is 0 Å². The maximum Gasteiger partial charge on any atom is 0.176 e. The molecule has 176 valence electrons. The van der Waals surface area contributed by atoms with Crippen LogP contribution < -0.4 is 4.90 Å². The molecule has 4 nitrogen and oxygen atoms in total. The number of anilines is 1. The smallest absolute Gasteiger partial charge is 0.176 e. The maximum atomic E-state index is 14.9. The first-order chi connectivity index (χ1) is 17.0. The summed E-state index contributed by atoms with van der Waals surface area (Å²) in [5.74, 6) is 1.70. The predicted octanol–water partition coefficient (Wildman–Crippen LogP) is 6.59. The van der Waals surface area contributed by atoms with Gasteiger partial charge in [0.15, 0.2) is 11.2 Å². The Hall–Kier alpha value is -2.60. The zero-order valence-electron chi connectivity index (χ0n) is 19.4. The molecule has 3 unspecified atom stereocenters. The van der Waals surface area contributed by atoms with Crippen molar-refractivity contribution in [1.29, 1.82) is 10.5 Å². The van der Waals surface area contributed by atoms with Crippen molar-refractivity contribution in [2.75, 3.05) is 4.90 Å². The second kappa shape index (κ2) is 7.45. The van der Waals surface area contributed by atoms with Crippen LogP contribution in [0.3, 0.4) is 0 Å². The Morgan fingerprint density at radius 2 is 1.74 bits per heavy atom. The average Bonchev–Trinajstić information content (AvgIpc) is 3.47. The highest BCUT2D eigenvalue weighted by molar-refractivity contribution is 7.08. The van der Waals surface area contributed by atoms with Gasteiger partial charge in [-0.15, -0.1) is 0 Å². The standard InChI is InChI=1S/C29H26ClN3OS/c30-22-2-3-23-20(10-22)1-4-24-29(15-31,16-32)25(21-5-6-35-14-21)26(33(23)24)27(34)28-11-17-7-18(12-28)9-19(8-17)13-28/h1-6,10,14,17-19,24-26H,7-9,11-13H2. The van der Waals surface area contributed by atoms with Crippen molar-refractivity contribution in [3.63, 3.8) is 0 Å². The zero-order valence-corrected chi connectivity index (χ0v) is 20.9. The Kier molecular flexibility index (Phi) is 4.61. The van der Waals surface area contributed by atoms with E-state index in [2.05, 4.69) is 17.0 Å². The summed E-state index contributed by atoms with van der Waals surface area (Å²) in [6, 6.07) is 11.6. The van der Waals surface area contributed by atoms with Crippen LogP contribution in [0.4, 0.5) is 5.69 Å². The van der Waals surface area contributed by atoms with Gasteiger partial charge in [-0.05, 0) is 102 Å². The number of rotatable bonds is 3. The molecule has 1 aromatic heterocycles. The number of nitriles is 2. The zero-order chi connectivity index (χ0) is 23.9. The molecule has 0 spiro atoms. The lowest BCUT2D eigenvalue weighted by atomic mass is 9.47. The monoisotopic (exact) mass is 499 g/mol. The molecule has 4 aliphatic carbocycles. The summed E-state index contributed by atoms with van der Waals surface area (Å²) in [5, 5.41) is 25.8. The van der Waals surface area contributed by atoms with Crippen LogP contribution in [0, 0.1) is 51.2 Å². The average molecular weight is 500 g/mol. The summed E-state index contributed by atoms with van der Waals surface area (Å²) in [6.45, 7) is 0. The van der Waals surface area contributed by atoms with Crippen molar-refractivity contribution in [1.82, 2.24) is 0 Å². The molecule has 1 saturated heterocycles. The Labute approximate surface area is 214 Å². The van der Waals surface area contributed by atoms with Crippen molar-refractivity contribution in [3.8, 4) is 12.1 Å². The van der Waals surface area contributed by atoms with Gasteiger partial charge < -0.3 is 4.90 Å². The Morgan fingerprint density at radius 3 is 2.34 bits per heavy atom. The summed E-state index contributed by atoms with van der Waals surface area (Å²) in [6.07, 6.45) is 10.6. The van der Waals surface area contributed by atoms with Gasteiger partial charge in [-0.1, -0.05) is 23.8 Å². The van der Waals surface area contributed by atoms with E-state index in [4.69, 9.17) is 11.6 Å². The van der Waals surface area contributed by atoms with Crippen LogP contribution in [0.1, 0.15) is 55.6 Å². The maximum absolute atomic E-state index is 14.9. The second-order valence-electron chi connectivity index (χ2n) is 11.5. The van der Waals surface area contributed by atoms with Crippen LogP contribution in [-0.2, 0) is 4.79 Å². The number of hydrogen-bond acceptors (Lipinski definition) is 5. The molecule has 5 fully saturated rings. The first-order valence-corrected chi connectivity index (χ1v) is 13.9. The number of benzene rings is 1. The van der Waals surface area contributed by atoms with Crippen molar-refractivity contribution in [3.05, 3.63) is 57.3 Å². The van der Waals surface area contributed by atoms with Crippen LogP contribution in [0.5, 0.6) is 0 Å². The van der Waals surface area contributed by atoms with E-state index in [9.17, 15) is 15.3 Å². The molecular formula is C29H26ClN3OS. The molecule has 2 aromatic rings. The first kappa shape index (κ1) is 21.7. The summed E-state index contributed by atoms with van der Waals surface area (Å²) < 4.78 is 0. The third kappa shape index (κ3) is 2.86. The van der Waals surface area contributed by atoms with Crippen LogP contribution in [-0.4, -0.2) is 17.9 Å². The van der Waals surface area contributed by atoms with E-state index in [1.54, 1.807) is 11.3 Å². The van der Waals surface area contributed by atoms with Crippen molar-refractivity contribution in [2.45, 2.75) is 56.5 Å². The molecule has 35 heavy (non-hydrogen) atoms. The number of nitrogens with zero attached hydrogens (tertiary/aromatic N) is 3. The number of carbonyl (C=O) groups is 1. The number of halogens is 1. The summed E-state index contributed by atoms with van der Waals surface area (Å²) in [7, 11) is 0. The number of thiophene rings is 1. The fourth-order valence-electron chi connectivity index (χ4n) is 8.82. The SMILES string of the molecule is N#CC1(C#N)C(c2ccsc2)C(C(=O)C23CC4CC(CC(C4)C2)C3)N2c3ccc(Cl)cc3C=CC21. The molecule has 0 radical (unpaired) electrons. The van der Waals surface area contributed by atoms with Gasteiger partial charge in [0, 0.05) is 22.0 Å². The van der Waals surface area contributed by atoms with E-state index in [1.165, 1.54) is 19.3 Å². The van der Waals surface area contributed by atoms with E-state index < -0.39 is 23.4 Å². The molecule has 3 heterocycles. The van der Waals surface area contributed by atoms with Crippen LogP contribution in [0.25, 0.3) is 6.08 Å². The molecule has 0 N–H and O–H groups in total. The predicted molar refractivity (Wildman–Crippen MR) is 137 cm³/mol. The number of carbonyl (C=O) groups excluding carboxylic acids is 1. The van der Waals surface area contributed by atoms with Crippen molar-refractivity contribution < 1.29 is 4.79 Å². The minimum Gasteiger partial charge on any atom is -0.351 e. The number of ketones is 1. The normalized spacial score (nSPS) is 37.4. The summed E-state index contributed by atoms with van der Waals surface area (Å²) >= 11 is 7.89. The highest BCUT2D eigenvalue weighted by Crippen LogP contribution is 2.63. The van der Waals surface area contributed by atoms with Crippen LogP contribution in [0.15, 0.2) is 41.1 Å². The lowest BCUT2D eigenvalue weighted by Crippen LogP contribution is -2.56. The molecule has 2 aliphatic heterocycles. The van der Waals surface area contributed by atoms with Crippen molar-refractivity contribution in [2.24, 2.45) is 28.6 Å². The van der Waals surface area contributed by atoms with Gasteiger partial charge >= 0.3 is 0 Å². The second-order valence-corrected chi connectivity index (χ2v) is 12.8.